The largest absolute Gasteiger partial charge is 0.726 e. The molecular formula is C7H14N2O7S2. The molecule has 9 nitrogen and oxygen atoms in total. The van der Waals surface area contributed by atoms with Gasteiger partial charge in [-0.1, -0.05) is 0 Å². The first-order valence-electron chi connectivity index (χ1n) is 4.74. The highest BCUT2D eigenvalue weighted by Crippen LogP contribution is 1.93. The third kappa shape index (κ3) is 15.0. The van der Waals surface area contributed by atoms with Crippen LogP contribution in [0.5, 0.6) is 0 Å². The van der Waals surface area contributed by atoms with Crippen molar-refractivity contribution in [3.05, 3.63) is 18.5 Å². The van der Waals surface area contributed by atoms with Gasteiger partial charge in [0.15, 0.2) is 12.7 Å². The zero-order valence-corrected chi connectivity index (χ0v) is 10.9. The topological polar surface area (TPSA) is 151 Å². The molecule has 0 atom stereocenters. The van der Waals surface area contributed by atoms with Gasteiger partial charge in [-0.05, 0) is 6.42 Å². The molecule has 11 heteroatoms. The van der Waals surface area contributed by atoms with Crippen molar-refractivity contribution in [3.8, 4) is 0 Å². The van der Waals surface area contributed by atoms with Crippen molar-refractivity contribution in [1.82, 2.24) is 5.10 Å². The Morgan fingerprint density at radius 1 is 1.17 bits per heavy atom. The van der Waals surface area contributed by atoms with Crippen molar-refractivity contribution in [2.24, 2.45) is 0 Å². The Balaban J connectivity index is 0.000000494. The average molecular weight is 302 g/mol. The van der Waals surface area contributed by atoms with Gasteiger partial charge in [0.2, 0.25) is 10.4 Å². The van der Waals surface area contributed by atoms with Crippen molar-refractivity contribution >= 4 is 20.5 Å². The highest BCUT2D eigenvalue weighted by molar-refractivity contribution is 7.85. The predicted molar refractivity (Wildman–Crippen MR) is 59.0 cm³/mol. The predicted octanol–water partition coefficient (Wildman–Crippen LogP) is -1.03. The summed E-state index contributed by atoms with van der Waals surface area (Å²) in [5.41, 5.74) is 0. The summed E-state index contributed by atoms with van der Waals surface area (Å²) >= 11 is 0. The van der Waals surface area contributed by atoms with Crippen molar-refractivity contribution in [2.45, 2.75) is 19.4 Å². The van der Waals surface area contributed by atoms with E-state index in [9.17, 15) is 8.42 Å². The van der Waals surface area contributed by atoms with Gasteiger partial charge in [0.25, 0.3) is 10.1 Å². The Bertz CT molecular complexity index is 512. The smallest absolute Gasteiger partial charge is 0.264 e. The molecule has 0 unspecified atom stereocenters. The third-order valence-corrected chi connectivity index (χ3v) is 2.46. The molecule has 0 amide bonds. The van der Waals surface area contributed by atoms with Crippen LogP contribution in [0.3, 0.4) is 0 Å². The summed E-state index contributed by atoms with van der Waals surface area (Å²) in [6.07, 6.45) is 4.87. The van der Waals surface area contributed by atoms with Crippen LogP contribution in [0.25, 0.3) is 0 Å². The Labute approximate surface area is 105 Å². The quantitative estimate of drug-likeness (QED) is 0.272. The fourth-order valence-corrected chi connectivity index (χ4v) is 1.60. The summed E-state index contributed by atoms with van der Waals surface area (Å²) < 4.78 is 63.8. The van der Waals surface area contributed by atoms with Crippen molar-refractivity contribution in [1.29, 1.82) is 0 Å². The number of aromatic nitrogens is 2. The van der Waals surface area contributed by atoms with E-state index in [1.54, 1.807) is 6.20 Å². The van der Waals surface area contributed by atoms with Gasteiger partial charge in [-0.15, -0.1) is 4.68 Å². The van der Waals surface area contributed by atoms with Crippen molar-refractivity contribution in [2.75, 3.05) is 5.75 Å². The summed E-state index contributed by atoms with van der Waals surface area (Å²) in [4.78, 5) is 0. The molecule has 18 heavy (non-hydrogen) atoms. The lowest BCUT2D eigenvalue weighted by atomic mass is 10.3. The molecule has 1 heterocycles. The summed E-state index contributed by atoms with van der Waals surface area (Å²) in [5.74, 6) is -0.158. The minimum absolute atomic E-state index is 0.158. The number of aryl methyl sites for hydroxylation is 1. The van der Waals surface area contributed by atoms with E-state index in [4.69, 9.17) is 22.1 Å². The molecule has 0 saturated heterocycles. The molecule has 3 N–H and O–H groups in total. The zero-order valence-electron chi connectivity index (χ0n) is 9.26. The van der Waals surface area contributed by atoms with Crippen LogP contribution in [0.4, 0.5) is 0 Å². The summed E-state index contributed by atoms with van der Waals surface area (Å²) in [7, 11) is -8.70. The molecular weight excluding hydrogens is 288 g/mol. The Hall–Kier alpha value is -1.01. The van der Waals surface area contributed by atoms with E-state index >= 15 is 0 Å². The molecule has 0 aliphatic heterocycles. The second kappa shape index (κ2) is 7.43. The van der Waals surface area contributed by atoms with Crippen LogP contribution in [0.2, 0.25) is 0 Å². The lowest BCUT2D eigenvalue weighted by molar-refractivity contribution is -0.750. The maximum absolute atomic E-state index is 10.3. The van der Waals surface area contributed by atoms with Crippen LogP contribution in [0.15, 0.2) is 18.5 Å². The van der Waals surface area contributed by atoms with Crippen LogP contribution in [-0.2, 0) is 27.1 Å². The standard InChI is InChI=1S/C7H12N2O3S.H2O4S/c10-13(11,12)7-2-1-5-9-6-3-4-8-9;1-5(2,3)4/h3-4,6H,1-2,5,7H2,(H,10,11,12);(H2,1,2,3,4). The van der Waals surface area contributed by atoms with Gasteiger partial charge >= 0.3 is 0 Å². The lowest BCUT2D eigenvalue weighted by Crippen LogP contribution is -2.34. The van der Waals surface area contributed by atoms with E-state index in [2.05, 4.69) is 5.10 Å². The fraction of sp³-hybridized carbons (Fsp3) is 0.571. The maximum Gasteiger partial charge on any atom is 0.264 e. The molecule has 1 rings (SSSR count). The molecule has 0 bridgehead atoms. The molecule has 0 spiro atoms. The Morgan fingerprint density at radius 2 is 1.72 bits per heavy atom. The number of H-pyrrole nitrogens is 1. The van der Waals surface area contributed by atoms with Crippen LogP contribution in [0, 0.1) is 0 Å². The highest BCUT2D eigenvalue weighted by Gasteiger charge is 2.05. The van der Waals surface area contributed by atoms with Gasteiger partial charge in [0.1, 0.15) is 0 Å². The van der Waals surface area contributed by atoms with Gasteiger partial charge < -0.3 is 4.55 Å². The number of nitrogens with one attached hydrogen (secondary N) is 1. The summed E-state index contributed by atoms with van der Waals surface area (Å²) in [6.45, 7) is 0.739. The van der Waals surface area contributed by atoms with E-state index in [1.807, 2.05) is 16.9 Å². The monoisotopic (exact) mass is 302 g/mol. The molecule has 0 aliphatic rings. The first-order valence-corrected chi connectivity index (χ1v) is 7.71. The van der Waals surface area contributed by atoms with Gasteiger partial charge in [0, 0.05) is 12.5 Å². The average Bonchev–Trinajstić information content (AvgIpc) is 2.60. The molecule has 106 valence electrons. The molecule has 0 saturated carbocycles. The second-order valence-corrected chi connectivity index (χ2v) is 5.68. The zero-order chi connectivity index (χ0) is 14.2. The van der Waals surface area contributed by atoms with Crippen molar-refractivity contribution in [3.63, 3.8) is 0 Å². The number of aromatic amines is 1. The first kappa shape index (κ1) is 17.0. The van der Waals surface area contributed by atoms with Crippen molar-refractivity contribution < 1.29 is 35.2 Å². The van der Waals surface area contributed by atoms with Gasteiger partial charge in [-0.2, -0.15) is 13.5 Å². The van der Waals surface area contributed by atoms with E-state index in [-0.39, 0.29) is 5.75 Å². The minimum Gasteiger partial charge on any atom is -0.726 e. The van der Waals surface area contributed by atoms with E-state index < -0.39 is 20.5 Å². The Morgan fingerprint density at radius 3 is 2.11 bits per heavy atom. The lowest BCUT2D eigenvalue weighted by Gasteiger charge is -1.94. The first-order chi connectivity index (χ1) is 8.08. The normalized spacial score (nSPS) is 11.7. The molecule has 0 aromatic carbocycles. The van der Waals surface area contributed by atoms with E-state index in [0.29, 0.717) is 6.42 Å². The fourth-order valence-electron chi connectivity index (χ4n) is 1.03. The minimum atomic E-state index is -4.92. The highest BCUT2D eigenvalue weighted by atomic mass is 32.3. The van der Waals surface area contributed by atoms with E-state index in [1.165, 1.54) is 0 Å². The van der Waals surface area contributed by atoms with Crippen LogP contribution >= 0.6 is 0 Å². The molecule has 1 aromatic heterocycles. The molecule has 0 aliphatic carbocycles. The summed E-state index contributed by atoms with van der Waals surface area (Å²) in [5, 5.41) is 2.94. The summed E-state index contributed by atoms with van der Waals surface area (Å²) in [6, 6.07) is 1.86. The van der Waals surface area contributed by atoms with Gasteiger partial charge in [-0.3, -0.25) is 9.11 Å². The van der Waals surface area contributed by atoms with Crippen LogP contribution in [-0.4, -0.2) is 41.3 Å². The number of unbranched alkanes of at least 4 members (excludes halogenated alkanes) is 1. The van der Waals surface area contributed by atoms with Gasteiger partial charge in [0.05, 0.1) is 11.9 Å². The van der Waals surface area contributed by atoms with E-state index in [0.717, 1.165) is 13.0 Å². The van der Waals surface area contributed by atoms with Crippen LogP contribution < -0.4 is 4.68 Å². The Kier molecular flexibility index (Phi) is 7.01. The number of nitrogens with zero attached hydrogens (tertiary/aromatic N) is 1. The number of rotatable bonds is 5. The molecule has 1 aromatic rings. The SMILES string of the molecule is O=S(=O)(O)CCCC[n+]1ccc[nH]1.O=S(=O)([O-])O. The van der Waals surface area contributed by atoms with Gasteiger partial charge in [-0.25, -0.2) is 8.42 Å². The molecule has 0 fully saturated rings. The number of hydrogen-bond donors (Lipinski definition) is 3. The number of hydrogen-bond acceptors (Lipinski definition) is 5. The third-order valence-electron chi connectivity index (χ3n) is 1.65. The van der Waals surface area contributed by atoms with Crippen LogP contribution in [0.1, 0.15) is 12.8 Å². The second-order valence-electron chi connectivity index (χ2n) is 3.25. The maximum atomic E-state index is 10.3. The molecule has 0 radical (unpaired) electrons.